The summed E-state index contributed by atoms with van der Waals surface area (Å²) >= 11 is 1.63. The van der Waals surface area contributed by atoms with Crippen molar-refractivity contribution in [3.8, 4) is 27.3 Å². The summed E-state index contributed by atoms with van der Waals surface area (Å²) in [5.74, 6) is -0.120. The average Bonchev–Trinajstić information content (AvgIpc) is 3.27. The fourth-order valence-corrected chi connectivity index (χ4v) is 4.17. The van der Waals surface area contributed by atoms with Crippen molar-refractivity contribution < 1.29 is 14.6 Å². The summed E-state index contributed by atoms with van der Waals surface area (Å²) in [7, 11) is 0. The molecule has 0 aliphatic heterocycles. The van der Waals surface area contributed by atoms with Crippen LogP contribution >= 0.6 is 11.3 Å². The SMILES string of the molecule is O=C(O)/C=C/c1ccccc1-c1cc(-c2ccccc2OCc2ccccc2)cs1. The number of ether oxygens (including phenoxy) is 1. The molecule has 0 spiro atoms. The zero-order valence-corrected chi connectivity index (χ0v) is 17.0. The van der Waals surface area contributed by atoms with E-state index in [1.54, 1.807) is 17.4 Å². The average molecular weight is 413 g/mol. The van der Waals surface area contributed by atoms with Crippen molar-refractivity contribution >= 4 is 23.4 Å². The van der Waals surface area contributed by atoms with Gasteiger partial charge in [-0.25, -0.2) is 4.79 Å². The van der Waals surface area contributed by atoms with E-state index in [9.17, 15) is 4.79 Å². The molecule has 148 valence electrons. The van der Waals surface area contributed by atoms with Crippen LogP contribution in [0.5, 0.6) is 5.75 Å². The third-order valence-corrected chi connectivity index (χ3v) is 5.63. The Morgan fingerprint density at radius 2 is 1.60 bits per heavy atom. The number of para-hydroxylation sites is 1. The Balaban J connectivity index is 1.62. The Morgan fingerprint density at radius 3 is 2.40 bits per heavy atom. The number of hydrogen-bond acceptors (Lipinski definition) is 3. The van der Waals surface area contributed by atoms with E-state index in [0.717, 1.165) is 38.4 Å². The molecule has 0 radical (unpaired) electrons. The minimum Gasteiger partial charge on any atom is -0.488 e. The summed E-state index contributed by atoms with van der Waals surface area (Å²) < 4.78 is 6.11. The molecule has 0 saturated heterocycles. The standard InChI is InChI=1S/C26H20O3S/c27-26(28)15-14-20-10-4-5-12-23(20)25-16-21(18-30-25)22-11-6-7-13-24(22)29-17-19-8-2-1-3-9-19/h1-16,18H,17H2,(H,27,28)/b15-14+. The van der Waals surface area contributed by atoms with E-state index in [0.29, 0.717) is 6.61 Å². The van der Waals surface area contributed by atoms with Gasteiger partial charge in [0.15, 0.2) is 0 Å². The molecule has 0 aliphatic carbocycles. The minimum absolute atomic E-state index is 0.512. The molecular formula is C26H20O3S. The maximum atomic E-state index is 10.9. The molecule has 4 heteroatoms. The van der Waals surface area contributed by atoms with E-state index in [-0.39, 0.29) is 0 Å². The maximum absolute atomic E-state index is 10.9. The molecule has 0 amide bonds. The number of hydrogen-bond donors (Lipinski definition) is 1. The van der Waals surface area contributed by atoms with E-state index in [1.807, 2.05) is 72.8 Å². The number of aliphatic carboxylic acids is 1. The zero-order chi connectivity index (χ0) is 20.8. The molecule has 4 rings (SSSR count). The summed E-state index contributed by atoms with van der Waals surface area (Å²) in [4.78, 5) is 12.0. The van der Waals surface area contributed by atoms with E-state index in [4.69, 9.17) is 9.84 Å². The summed E-state index contributed by atoms with van der Waals surface area (Å²) in [6, 6.07) is 28.1. The lowest BCUT2D eigenvalue weighted by Gasteiger charge is -2.10. The molecule has 1 N–H and O–H groups in total. The second kappa shape index (κ2) is 9.25. The summed E-state index contributed by atoms with van der Waals surface area (Å²) in [6.45, 7) is 0.512. The highest BCUT2D eigenvalue weighted by molar-refractivity contribution is 7.14. The van der Waals surface area contributed by atoms with Crippen molar-refractivity contribution in [3.05, 3.63) is 108 Å². The first-order valence-corrected chi connectivity index (χ1v) is 10.4. The molecule has 0 fully saturated rings. The minimum atomic E-state index is -0.957. The fraction of sp³-hybridized carbons (Fsp3) is 0.0385. The molecule has 0 aliphatic rings. The molecular weight excluding hydrogens is 392 g/mol. The van der Waals surface area contributed by atoms with Crippen molar-refractivity contribution in [3.63, 3.8) is 0 Å². The first-order chi connectivity index (χ1) is 14.7. The molecule has 3 aromatic carbocycles. The highest BCUT2D eigenvalue weighted by Crippen LogP contribution is 2.38. The van der Waals surface area contributed by atoms with Crippen molar-refractivity contribution in [2.24, 2.45) is 0 Å². The quantitative estimate of drug-likeness (QED) is 0.341. The Labute approximate surface area is 179 Å². The predicted molar refractivity (Wildman–Crippen MR) is 123 cm³/mol. The predicted octanol–water partition coefficient (Wildman–Crippen LogP) is 6.76. The Hall–Kier alpha value is -3.63. The van der Waals surface area contributed by atoms with Crippen LogP contribution in [0.2, 0.25) is 0 Å². The van der Waals surface area contributed by atoms with Crippen LogP contribution in [-0.2, 0) is 11.4 Å². The molecule has 0 saturated carbocycles. The van der Waals surface area contributed by atoms with Gasteiger partial charge in [-0.2, -0.15) is 0 Å². The van der Waals surface area contributed by atoms with Crippen LogP contribution < -0.4 is 4.74 Å². The van der Waals surface area contributed by atoms with Crippen LogP contribution in [0.4, 0.5) is 0 Å². The van der Waals surface area contributed by atoms with Crippen LogP contribution in [0, 0.1) is 0 Å². The van der Waals surface area contributed by atoms with Crippen molar-refractivity contribution in [2.45, 2.75) is 6.61 Å². The Bertz CT molecular complexity index is 1180. The zero-order valence-electron chi connectivity index (χ0n) is 16.2. The van der Waals surface area contributed by atoms with E-state index < -0.39 is 5.97 Å². The van der Waals surface area contributed by atoms with E-state index in [2.05, 4.69) is 17.5 Å². The molecule has 0 unspecified atom stereocenters. The van der Waals surface area contributed by atoms with Crippen LogP contribution in [0.3, 0.4) is 0 Å². The van der Waals surface area contributed by atoms with Gasteiger partial charge in [0.1, 0.15) is 12.4 Å². The first kappa shape index (κ1) is 19.7. The topological polar surface area (TPSA) is 46.5 Å². The van der Waals surface area contributed by atoms with Crippen molar-refractivity contribution in [2.75, 3.05) is 0 Å². The van der Waals surface area contributed by atoms with Gasteiger partial charge in [0.25, 0.3) is 0 Å². The molecule has 3 nitrogen and oxygen atoms in total. The number of benzene rings is 3. The molecule has 1 aromatic heterocycles. The number of thiophene rings is 1. The second-order valence-corrected chi connectivity index (χ2v) is 7.64. The van der Waals surface area contributed by atoms with Gasteiger partial charge in [0.2, 0.25) is 0 Å². The Kier molecular flexibility index (Phi) is 6.06. The smallest absolute Gasteiger partial charge is 0.328 e. The molecule has 30 heavy (non-hydrogen) atoms. The monoisotopic (exact) mass is 412 g/mol. The lowest BCUT2D eigenvalue weighted by Crippen LogP contribution is -1.96. The van der Waals surface area contributed by atoms with Gasteiger partial charge in [-0.05, 0) is 45.8 Å². The van der Waals surface area contributed by atoms with Crippen LogP contribution in [0.25, 0.3) is 27.6 Å². The largest absolute Gasteiger partial charge is 0.488 e. The van der Waals surface area contributed by atoms with Crippen LogP contribution in [-0.4, -0.2) is 11.1 Å². The third-order valence-electron chi connectivity index (χ3n) is 4.67. The number of carboxylic acid groups (broad SMARTS) is 1. The van der Waals surface area contributed by atoms with E-state index in [1.165, 1.54) is 6.08 Å². The first-order valence-electron chi connectivity index (χ1n) is 9.56. The fourth-order valence-electron chi connectivity index (χ4n) is 3.21. The highest BCUT2D eigenvalue weighted by Gasteiger charge is 2.11. The Morgan fingerprint density at radius 1 is 0.900 bits per heavy atom. The summed E-state index contributed by atoms with van der Waals surface area (Å²) in [5.41, 5.74) is 5.12. The lowest BCUT2D eigenvalue weighted by molar-refractivity contribution is -0.131. The summed E-state index contributed by atoms with van der Waals surface area (Å²) in [6.07, 6.45) is 2.80. The molecule has 4 aromatic rings. The number of carbonyl (C=O) groups is 1. The van der Waals surface area contributed by atoms with Gasteiger partial charge in [-0.15, -0.1) is 11.3 Å². The van der Waals surface area contributed by atoms with Crippen LogP contribution in [0.1, 0.15) is 11.1 Å². The van der Waals surface area contributed by atoms with Crippen molar-refractivity contribution in [1.29, 1.82) is 0 Å². The summed E-state index contributed by atoms with van der Waals surface area (Å²) in [5, 5.41) is 11.1. The molecule has 1 heterocycles. The second-order valence-electron chi connectivity index (χ2n) is 6.73. The van der Waals surface area contributed by atoms with Crippen molar-refractivity contribution in [1.82, 2.24) is 0 Å². The molecule has 0 bridgehead atoms. The van der Waals surface area contributed by atoms with Gasteiger partial charge < -0.3 is 9.84 Å². The number of rotatable bonds is 7. The van der Waals surface area contributed by atoms with Gasteiger partial charge in [-0.1, -0.05) is 72.8 Å². The normalized spacial score (nSPS) is 10.9. The number of carboxylic acids is 1. The van der Waals surface area contributed by atoms with E-state index >= 15 is 0 Å². The van der Waals surface area contributed by atoms with Gasteiger partial charge in [0, 0.05) is 16.5 Å². The lowest BCUT2D eigenvalue weighted by atomic mass is 10.0. The highest BCUT2D eigenvalue weighted by atomic mass is 32.1. The van der Waals surface area contributed by atoms with Gasteiger partial charge >= 0.3 is 5.97 Å². The van der Waals surface area contributed by atoms with Crippen LogP contribution in [0.15, 0.2) is 96.4 Å². The van der Waals surface area contributed by atoms with Gasteiger partial charge in [0.05, 0.1) is 0 Å². The van der Waals surface area contributed by atoms with Gasteiger partial charge in [-0.3, -0.25) is 0 Å². The maximum Gasteiger partial charge on any atom is 0.328 e. The molecule has 0 atom stereocenters. The third kappa shape index (κ3) is 4.67.